The molecule has 0 N–H and O–H groups in total. The molecule has 118 valence electrons. The Morgan fingerprint density at radius 3 is 2.59 bits per heavy atom. The average Bonchev–Trinajstić information content (AvgIpc) is 2.52. The van der Waals surface area contributed by atoms with E-state index in [0.717, 1.165) is 5.56 Å². The molecule has 0 aromatic heterocycles. The van der Waals surface area contributed by atoms with Gasteiger partial charge in [0.2, 0.25) is 0 Å². The summed E-state index contributed by atoms with van der Waals surface area (Å²) in [6, 6.07) is 9.49. The molecule has 1 aromatic carbocycles. The number of carbonyl (C=O) groups excluding carboxylic acids is 2. The predicted molar refractivity (Wildman–Crippen MR) is 85.0 cm³/mol. The van der Waals surface area contributed by atoms with Crippen molar-refractivity contribution in [3.8, 4) is 0 Å². The zero-order valence-corrected chi connectivity index (χ0v) is 13.0. The summed E-state index contributed by atoms with van der Waals surface area (Å²) in [5.41, 5.74) is 0.949. The lowest BCUT2D eigenvalue weighted by molar-refractivity contribution is -0.148. The largest absolute Gasteiger partial charge is 0.461 e. The van der Waals surface area contributed by atoms with Gasteiger partial charge in [-0.2, -0.15) is 0 Å². The molecule has 0 amide bonds. The first-order chi connectivity index (χ1) is 10.6. The standard InChI is InChI=1S/C18H22O4/c1-3-4-6-11-18(20)22-15(2)12-13-17(19)21-14-16-9-7-5-8-10-16/h3-11,15H,12-14H2,1-2H3/b4-3+,11-6+. The van der Waals surface area contributed by atoms with Crippen LogP contribution < -0.4 is 0 Å². The fraction of sp³-hybridized carbons (Fsp3) is 0.333. The highest BCUT2D eigenvalue weighted by Gasteiger charge is 2.10. The van der Waals surface area contributed by atoms with Crippen LogP contribution in [-0.2, 0) is 25.7 Å². The van der Waals surface area contributed by atoms with E-state index in [9.17, 15) is 9.59 Å². The van der Waals surface area contributed by atoms with E-state index < -0.39 is 5.97 Å². The molecule has 0 radical (unpaired) electrons. The molecule has 4 heteroatoms. The van der Waals surface area contributed by atoms with Gasteiger partial charge < -0.3 is 9.47 Å². The quantitative estimate of drug-likeness (QED) is 0.418. The first kappa shape index (κ1) is 17.7. The Hall–Kier alpha value is -2.36. The summed E-state index contributed by atoms with van der Waals surface area (Å²) in [5, 5.41) is 0. The van der Waals surface area contributed by atoms with E-state index in [-0.39, 0.29) is 25.1 Å². The fourth-order valence-corrected chi connectivity index (χ4v) is 1.67. The number of hydrogen-bond acceptors (Lipinski definition) is 4. The van der Waals surface area contributed by atoms with Gasteiger partial charge >= 0.3 is 11.9 Å². The second kappa shape index (κ2) is 10.4. The molecule has 1 rings (SSSR count). The van der Waals surface area contributed by atoms with Gasteiger partial charge in [0.05, 0.1) is 6.10 Å². The van der Waals surface area contributed by atoms with Crippen molar-refractivity contribution in [2.45, 2.75) is 39.4 Å². The van der Waals surface area contributed by atoms with Crippen molar-refractivity contribution in [3.05, 3.63) is 60.2 Å². The highest BCUT2D eigenvalue weighted by Crippen LogP contribution is 2.06. The van der Waals surface area contributed by atoms with Gasteiger partial charge in [-0.05, 0) is 25.8 Å². The van der Waals surface area contributed by atoms with Crippen LogP contribution in [0.15, 0.2) is 54.6 Å². The van der Waals surface area contributed by atoms with Gasteiger partial charge in [-0.25, -0.2) is 4.79 Å². The van der Waals surface area contributed by atoms with E-state index >= 15 is 0 Å². The smallest absolute Gasteiger partial charge is 0.331 e. The maximum Gasteiger partial charge on any atom is 0.331 e. The van der Waals surface area contributed by atoms with Crippen LogP contribution >= 0.6 is 0 Å². The van der Waals surface area contributed by atoms with Crippen LogP contribution in [0.4, 0.5) is 0 Å². The van der Waals surface area contributed by atoms with Gasteiger partial charge in [-0.3, -0.25) is 4.79 Å². The molecule has 0 aliphatic rings. The minimum atomic E-state index is -0.414. The summed E-state index contributed by atoms with van der Waals surface area (Å²) < 4.78 is 10.3. The van der Waals surface area contributed by atoms with Gasteiger partial charge in [0.25, 0.3) is 0 Å². The molecular formula is C18H22O4. The maximum absolute atomic E-state index is 11.6. The Bertz CT molecular complexity index is 517. The van der Waals surface area contributed by atoms with Crippen LogP contribution in [0.3, 0.4) is 0 Å². The van der Waals surface area contributed by atoms with Crippen LogP contribution in [0.25, 0.3) is 0 Å². The third-order valence-electron chi connectivity index (χ3n) is 2.85. The molecule has 0 aliphatic heterocycles. The Kier molecular flexibility index (Phi) is 8.35. The van der Waals surface area contributed by atoms with Crippen molar-refractivity contribution in [3.63, 3.8) is 0 Å². The molecule has 0 saturated heterocycles. The fourth-order valence-electron chi connectivity index (χ4n) is 1.67. The lowest BCUT2D eigenvalue weighted by Gasteiger charge is -2.11. The van der Waals surface area contributed by atoms with E-state index in [4.69, 9.17) is 9.47 Å². The third kappa shape index (κ3) is 8.04. The molecule has 0 heterocycles. The molecule has 0 spiro atoms. The molecule has 0 aliphatic carbocycles. The summed E-state index contributed by atoms with van der Waals surface area (Å²) in [5.74, 6) is -0.709. The maximum atomic E-state index is 11.6. The summed E-state index contributed by atoms with van der Waals surface area (Å²) in [7, 11) is 0. The van der Waals surface area contributed by atoms with Crippen molar-refractivity contribution in [1.82, 2.24) is 0 Å². The minimum Gasteiger partial charge on any atom is -0.461 e. The van der Waals surface area contributed by atoms with E-state index in [1.807, 2.05) is 43.3 Å². The van der Waals surface area contributed by atoms with Crippen molar-refractivity contribution in [1.29, 1.82) is 0 Å². The number of benzene rings is 1. The molecule has 1 unspecified atom stereocenters. The van der Waals surface area contributed by atoms with Crippen molar-refractivity contribution in [2.75, 3.05) is 0 Å². The van der Waals surface area contributed by atoms with Crippen LogP contribution in [-0.4, -0.2) is 18.0 Å². The van der Waals surface area contributed by atoms with E-state index in [1.54, 1.807) is 19.1 Å². The van der Waals surface area contributed by atoms with E-state index in [2.05, 4.69) is 0 Å². The minimum absolute atomic E-state index is 0.222. The van der Waals surface area contributed by atoms with Crippen LogP contribution in [0, 0.1) is 0 Å². The Labute approximate surface area is 131 Å². The Morgan fingerprint density at radius 2 is 1.91 bits per heavy atom. The molecule has 0 fully saturated rings. The number of carbonyl (C=O) groups is 2. The predicted octanol–water partition coefficient (Wildman–Crippen LogP) is 3.57. The third-order valence-corrected chi connectivity index (χ3v) is 2.85. The number of allylic oxidation sites excluding steroid dienone is 3. The summed E-state index contributed by atoms with van der Waals surface area (Å²) in [4.78, 5) is 23.1. The van der Waals surface area contributed by atoms with E-state index in [0.29, 0.717) is 6.42 Å². The Balaban J connectivity index is 2.21. The molecule has 1 atom stereocenters. The van der Waals surface area contributed by atoms with Gasteiger partial charge in [0.15, 0.2) is 0 Å². The molecule has 22 heavy (non-hydrogen) atoms. The van der Waals surface area contributed by atoms with E-state index in [1.165, 1.54) is 6.08 Å². The topological polar surface area (TPSA) is 52.6 Å². The van der Waals surface area contributed by atoms with Crippen LogP contribution in [0.2, 0.25) is 0 Å². The van der Waals surface area contributed by atoms with Gasteiger partial charge in [0, 0.05) is 12.5 Å². The first-order valence-corrected chi connectivity index (χ1v) is 7.31. The van der Waals surface area contributed by atoms with Crippen LogP contribution in [0.5, 0.6) is 0 Å². The zero-order chi connectivity index (χ0) is 16.2. The molecule has 0 saturated carbocycles. The van der Waals surface area contributed by atoms with Crippen LogP contribution in [0.1, 0.15) is 32.3 Å². The summed E-state index contributed by atoms with van der Waals surface area (Å²) in [6.07, 6.45) is 6.86. The zero-order valence-electron chi connectivity index (χ0n) is 13.0. The number of esters is 2. The highest BCUT2D eigenvalue weighted by molar-refractivity contribution is 5.82. The summed E-state index contributed by atoms with van der Waals surface area (Å²) >= 11 is 0. The normalized spacial score (nSPS) is 12.5. The van der Waals surface area contributed by atoms with Gasteiger partial charge in [-0.15, -0.1) is 0 Å². The first-order valence-electron chi connectivity index (χ1n) is 7.31. The average molecular weight is 302 g/mol. The second-order valence-corrected chi connectivity index (χ2v) is 4.82. The lowest BCUT2D eigenvalue weighted by Crippen LogP contribution is -2.15. The lowest BCUT2D eigenvalue weighted by atomic mass is 10.2. The molecule has 4 nitrogen and oxygen atoms in total. The second-order valence-electron chi connectivity index (χ2n) is 4.82. The van der Waals surface area contributed by atoms with Crippen molar-refractivity contribution < 1.29 is 19.1 Å². The SMILES string of the molecule is C/C=C/C=C/C(=O)OC(C)CCC(=O)OCc1ccccc1. The van der Waals surface area contributed by atoms with Crippen molar-refractivity contribution in [2.24, 2.45) is 0 Å². The molecule has 1 aromatic rings. The van der Waals surface area contributed by atoms with Gasteiger partial charge in [0.1, 0.15) is 6.61 Å². The summed E-state index contributed by atoms with van der Waals surface area (Å²) in [6.45, 7) is 3.88. The molecular weight excluding hydrogens is 280 g/mol. The van der Waals surface area contributed by atoms with Crippen molar-refractivity contribution >= 4 is 11.9 Å². The molecule has 0 bridgehead atoms. The number of rotatable bonds is 8. The number of ether oxygens (including phenoxy) is 2. The number of hydrogen-bond donors (Lipinski definition) is 0. The monoisotopic (exact) mass is 302 g/mol. The Morgan fingerprint density at radius 1 is 1.18 bits per heavy atom. The highest BCUT2D eigenvalue weighted by atomic mass is 16.5. The van der Waals surface area contributed by atoms with Gasteiger partial charge in [-0.1, -0.05) is 48.6 Å².